The molecule has 1 saturated heterocycles. The maximum atomic E-state index is 11.4. The van der Waals surface area contributed by atoms with E-state index in [1.54, 1.807) is 12.1 Å². The van der Waals surface area contributed by atoms with Gasteiger partial charge in [0.2, 0.25) is 0 Å². The van der Waals surface area contributed by atoms with Crippen molar-refractivity contribution in [1.29, 1.82) is 0 Å². The standard InChI is InChI=1S/C11H15NO4S/c1-12(9-4-5-17(14,15)8-9)6-10-2-3-11(7-13)16-10/h2-3,7,9H,4-6,8H2,1H3. The van der Waals surface area contributed by atoms with Crippen molar-refractivity contribution in [3.8, 4) is 0 Å². The smallest absolute Gasteiger partial charge is 0.185 e. The Kier molecular flexibility index (Phi) is 3.35. The Morgan fingerprint density at radius 2 is 2.29 bits per heavy atom. The first-order valence-corrected chi connectivity index (χ1v) is 7.27. The number of rotatable bonds is 4. The molecule has 1 aliphatic heterocycles. The summed E-state index contributed by atoms with van der Waals surface area (Å²) in [5, 5.41) is 0. The third kappa shape index (κ3) is 2.95. The Morgan fingerprint density at radius 1 is 1.53 bits per heavy atom. The maximum absolute atomic E-state index is 11.4. The van der Waals surface area contributed by atoms with Crippen LogP contribution in [0.2, 0.25) is 0 Å². The molecular formula is C11H15NO4S. The van der Waals surface area contributed by atoms with Gasteiger partial charge in [0.25, 0.3) is 0 Å². The second kappa shape index (κ2) is 4.62. The lowest BCUT2D eigenvalue weighted by molar-refractivity contribution is 0.109. The van der Waals surface area contributed by atoms with Gasteiger partial charge in [0, 0.05) is 6.04 Å². The molecule has 1 aromatic rings. The molecule has 1 fully saturated rings. The van der Waals surface area contributed by atoms with Crippen LogP contribution in [0.25, 0.3) is 0 Å². The topological polar surface area (TPSA) is 67.6 Å². The van der Waals surface area contributed by atoms with Crippen molar-refractivity contribution >= 4 is 16.1 Å². The summed E-state index contributed by atoms with van der Waals surface area (Å²) in [7, 11) is -0.991. The van der Waals surface area contributed by atoms with Crippen LogP contribution in [0.3, 0.4) is 0 Å². The summed E-state index contributed by atoms with van der Waals surface area (Å²) in [5.74, 6) is 1.45. The molecule has 6 heteroatoms. The van der Waals surface area contributed by atoms with Crippen LogP contribution in [0, 0.1) is 0 Å². The first-order valence-electron chi connectivity index (χ1n) is 5.45. The summed E-state index contributed by atoms with van der Waals surface area (Å²) >= 11 is 0. The van der Waals surface area contributed by atoms with E-state index in [0.717, 1.165) is 0 Å². The van der Waals surface area contributed by atoms with E-state index in [4.69, 9.17) is 4.42 Å². The molecule has 1 aromatic heterocycles. The van der Waals surface area contributed by atoms with Gasteiger partial charge in [-0.25, -0.2) is 8.42 Å². The predicted molar refractivity (Wildman–Crippen MR) is 62.6 cm³/mol. The monoisotopic (exact) mass is 257 g/mol. The second-order valence-corrected chi connectivity index (χ2v) is 6.62. The molecule has 0 spiro atoms. The van der Waals surface area contributed by atoms with Gasteiger partial charge in [-0.3, -0.25) is 9.69 Å². The van der Waals surface area contributed by atoms with E-state index in [1.165, 1.54) is 0 Å². The first kappa shape index (κ1) is 12.3. The summed E-state index contributed by atoms with van der Waals surface area (Å²) in [6, 6.07) is 3.40. The summed E-state index contributed by atoms with van der Waals surface area (Å²) in [5.41, 5.74) is 0. The number of carbonyl (C=O) groups excluding carboxylic acids is 1. The zero-order valence-corrected chi connectivity index (χ0v) is 10.4. The summed E-state index contributed by atoms with van der Waals surface area (Å²) < 4.78 is 28.0. The van der Waals surface area contributed by atoms with Gasteiger partial charge in [-0.05, 0) is 25.6 Å². The lowest BCUT2D eigenvalue weighted by Crippen LogP contribution is -2.31. The van der Waals surface area contributed by atoms with Crippen molar-refractivity contribution < 1.29 is 17.6 Å². The van der Waals surface area contributed by atoms with Gasteiger partial charge in [0.05, 0.1) is 18.1 Å². The number of sulfone groups is 1. The number of carbonyl (C=O) groups is 1. The minimum absolute atomic E-state index is 0.0461. The molecule has 1 aliphatic rings. The second-order valence-electron chi connectivity index (χ2n) is 4.39. The fraction of sp³-hybridized carbons (Fsp3) is 0.545. The van der Waals surface area contributed by atoms with Crippen molar-refractivity contribution in [2.45, 2.75) is 19.0 Å². The van der Waals surface area contributed by atoms with Gasteiger partial charge in [0.1, 0.15) is 5.76 Å². The van der Waals surface area contributed by atoms with E-state index in [2.05, 4.69) is 0 Å². The average molecular weight is 257 g/mol. The Hall–Kier alpha value is -1.14. The third-order valence-electron chi connectivity index (χ3n) is 3.04. The highest BCUT2D eigenvalue weighted by Gasteiger charge is 2.30. The molecule has 94 valence electrons. The Labute approximate surface area is 100 Å². The van der Waals surface area contributed by atoms with E-state index in [-0.39, 0.29) is 17.5 Å². The molecule has 5 nitrogen and oxygen atoms in total. The summed E-state index contributed by atoms with van der Waals surface area (Å²) in [6.07, 6.45) is 1.32. The molecule has 2 rings (SSSR count). The molecule has 1 atom stereocenters. The van der Waals surface area contributed by atoms with E-state index < -0.39 is 9.84 Å². The number of hydrogen-bond donors (Lipinski definition) is 0. The molecule has 0 N–H and O–H groups in total. The van der Waals surface area contributed by atoms with E-state index in [1.807, 2.05) is 11.9 Å². The molecule has 0 saturated carbocycles. The van der Waals surface area contributed by atoms with Crippen LogP contribution < -0.4 is 0 Å². The first-order chi connectivity index (χ1) is 8.00. The van der Waals surface area contributed by atoms with Crippen molar-refractivity contribution in [1.82, 2.24) is 4.90 Å². The van der Waals surface area contributed by atoms with Gasteiger partial charge in [-0.2, -0.15) is 0 Å². The van der Waals surface area contributed by atoms with Crippen molar-refractivity contribution in [2.24, 2.45) is 0 Å². The van der Waals surface area contributed by atoms with Crippen LogP contribution in [-0.4, -0.2) is 44.2 Å². The highest BCUT2D eigenvalue weighted by molar-refractivity contribution is 7.91. The fourth-order valence-corrected chi connectivity index (χ4v) is 3.85. The molecule has 0 bridgehead atoms. The minimum atomic E-state index is -2.86. The minimum Gasteiger partial charge on any atom is -0.457 e. The SMILES string of the molecule is CN(Cc1ccc(C=O)o1)C1CCS(=O)(=O)C1. The van der Waals surface area contributed by atoms with Crippen LogP contribution in [0.4, 0.5) is 0 Å². The molecule has 0 amide bonds. The predicted octanol–water partition coefficient (Wildman–Crippen LogP) is 0.711. The zero-order chi connectivity index (χ0) is 12.5. The van der Waals surface area contributed by atoms with Crippen molar-refractivity contribution in [3.05, 3.63) is 23.7 Å². The fourth-order valence-electron chi connectivity index (χ4n) is 2.04. The number of aldehydes is 1. The number of hydrogen-bond acceptors (Lipinski definition) is 5. The van der Waals surface area contributed by atoms with Crippen molar-refractivity contribution in [3.63, 3.8) is 0 Å². The molecule has 17 heavy (non-hydrogen) atoms. The van der Waals surface area contributed by atoms with E-state index >= 15 is 0 Å². The Morgan fingerprint density at radius 3 is 2.82 bits per heavy atom. The van der Waals surface area contributed by atoms with Crippen LogP contribution in [-0.2, 0) is 16.4 Å². The number of nitrogens with zero attached hydrogens (tertiary/aromatic N) is 1. The third-order valence-corrected chi connectivity index (χ3v) is 4.79. The Balaban J connectivity index is 1.97. The molecule has 1 unspecified atom stereocenters. The van der Waals surface area contributed by atoms with Gasteiger partial charge >= 0.3 is 0 Å². The van der Waals surface area contributed by atoms with Crippen molar-refractivity contribution in [2.75, 3.05) is 18.6 Å². The van der Waals surface area contributed by atoms with Crippen LogP contribution >= 0.6 is 0 Å². The summed E-state index contributed by atoms with van der Waals surface area (Å²) in [6.45, 7) is 0.522. The highest BCUT2D eigenvalue weighted by Crippen LogP contribution is 2.19. The lowest BCUT2D eigenvalue weighted by Gasteiger charge is -2.21. The number of furan rings is 1. The van der Waals surface area contributed by atoms with Crippen LogP contribution in [0.1, 0.15) is 22.7 Å². The van der Waals surface area contributed by atoms with Gasteiger partial charge in [-0.15, -0.1) is 0 Å². The Bertz CT molecular complexity index is 505. The van der Waals surface area contributed by atoms with Gasteiger partial charge in [0.15, 0.2) is 21.9 Å². The lowest BCUT2D eigenvalue weighted by atomic mass is 10.2. The van der Waals surface area contributed by atoms with Crippen LogP contribution in [0.5, 0.6) is 0 Å². The van der Waals surface area contributed by atoms with Gasteiger partial charge in [-0.1, -0.05) is 0 Å². The zero-order valence-electron chi connectivity index (χ0n) is 9.63. The largest absolute Gasteiger partial charge is 0.457 e. The molecule has 0 aromatic carbocycles. The quantitative estimate of drug-likeness (QED) is 0.743. The summed E-state index contributed by atoms with van der Waals surface area (Å²) in [4.78, 5) is 12.4. The molecular weight excluding hydrogens is 242 g/mol. The average Bonchev–Trinajstić information content (AvgIpc) is 2.84. The van der Waals surface area contributed by atoms with Gasteiger partial charge < -0.3 is 4.42 Å². The maximum Gasteiger partial charge on any atom is 0.185 e. The van der Waals surface area contributed by atoms with Crippen LogP contribution in [0.15, 0.2) is 16.5 Å². The highest BCUT2D eigenvalue weighted by atomic mass is 32.2. The molecule has 2 heterocycles. The normalized spacial score (nSPS) is 23.1. The van der Waals surface area contributed by atoms with E-state index in [0.29, 0.717) is 30.8 Å². The van der Waals surface area contributed by atoms with E-state index in [9.17, 15) is 13.2 Å². The molecule has 0 aliphatic carbocycles. The molecule has 0 radical (unpaired) electrons.